The van der Waals surface area contributed by atoms with Gasteiger partial charge in [0.05, 0.1) is 22.7 Å². The van der Waals surface area contributed by atoms with Crippen LogP contribution in [0.3, 0.4) is 0 Å². The van der Waals surface area contributed by atoms with Gasteiger partial charge in [0.1, 0.15) is 6.29 Å². The largest absolute Gasteiger partial charge is 0.383 e. The second kappa shape index (κ2) is 10.3. The summed E-state index contributed by atoms with van der Waals surface area (Å²) in [6, 6.07) is 12.0. The lowest BCUT2D eigenvalue weighted by molar-refractivity contribution is -0.118. The molecule has 5 rings (SSSR count). The SMILES string of the molecule is COCC1CN(Cc2ccc(-c3ccc(Cl)s3)cn2)CC(C=O)N1Cc1cc2cnccc2[nH]1. The number of rotatable bonds is 8. The predicted molar refractivity (Wildman–Crippen MR) is 135 cm³/mol. The highest BCUT2D eigenvalue weighted by Crippen LogP contribution is 2.30. The maximum atomic E-state index is 12.1. The second-order valence-electron chi connectivity index (χ2n) is 8.58. The number of nitrogens with zero attached hydrogens (tertiary/aromatic N) is 4. The summed E-state index contributed by atoms with van der Waals surface area (Å²) in [6.07, 6.45) is 6.57. The Bertz CT molecular complexity index is 1220. The fraction of sp³-hybridized carbons (Fsp3) is 0.320. The molecule has 2 atom stereocenters. The van der Waals surface area contributed by atoms with Crippen LogP contribution in [0.5, 0.6) is 0 Å². The fourth-order valence-electron chi connectivity index (χ4n) is 4.63. The molecule has 0 bridgehead atoms. The Balaban J connectivity index is 1.29. The normalized spacial score (nSPS) is 19.6. The molecule has 1 aliphatic heterocycles. The molecule has 1 N–H and O–H groups in total. The average molecular weight is 496 g/mol. The van der Waals surface area contributed by atoms with Gasteiger partial charge in [-0.05, 0) is 30.3 Å². The Labute approximate surface area is 207 Å². The molecule has 5 heterocycles. The number of H-pyrrole nitrogens is 1. The lowest BCUT2D eigenvalue weighted by atomic mass is 10.1. The monoisotopic (exact) mass is 495 g/mol. The minimum absolute atomic E-state index is 0.0889. The molecule has 0 aromatic carbocycles. The van der Waals surface area contributed by atoms with E-state index >= 15 is 0 Å². The van der Waals surface area contributed by atoms with Crippen LogP contribution in [-0.4, -0.2) is 69.9 Å². The van der Waals surface area contributed by atoms with Gasteiger partial charge in [-0.2, -0.15) is 0 Å². The average Bonchev–Trinajstić information content (AvgIpc) is 3.46. The first-order chi connectivity index (χ1) is 16.6. The molecule has 1 saturated heterocycles. The van der Waals surface area contributed by atoms with Crippen LogP contribution in [0, 0.1) is 0 Å². The van der Waals surface area contributed by atoms with E-state index in [4.69, 9.17) is 16.3 Å². The Morgan fingerprint density at radius 2 is 2.12 bits per heavy atom. The summed E-state index contributed by atoms with van der Waals surface area (Å²) in [7, 11) is 1.71. The van der Waals surface area contributed by atoms with Crippen LogP contribution in [0.25, 0.3) is 21.3 Å². The minimum Gasteiger partial charge on any atom is -0.383 e. The summed E-state index contributed by atoms with van der Waals surface area (Å²) in [5.74, 6) is 0. The summed E-state index contributed by atoms with van der Waals surface area (Å²) < 4.78 is 6.31. The van der Waals surface area contributed by atoms with E-state index < -0.39 is 0 Å². The van der Waals surface area contributed by atoms with Gasteiger partial charge in [0, 0.05) is 85.0 Å². The number of pyridine rings is 2. The third-order valence-corrected chi connectivity index (χ3v) is 7.50. The highest BCUT2D eigenvalue weighted by molar-refractivity contribution is 7.19. The van der Waals surface area contributed by atoms with Gasteiger partial charge < -0.3 is 14.5 Å². The fourth-order valence-corrected chi connectivity index (χ4v) is 5.66. The summed E-state index contributed by atoms with van der Waals surface area (Å²) >= 11 is 7.61. The number of piperazine rings is 1. The highest BCUT2D eigenvalue weighted by Gasteiger charge is 2.34. The molecule has 4 aromatic rings. The molecule has 2 unspecified atom stereocenters. The van der Waals surface area contributed by atoms with Crippen molar-refractivity contribution >= 4 is 40.1 Å². The zero-order valence-corrected chi connectivity index (χ0v) is 20.4. The van der Waals surface area contributed by atoms with Crippen LogP contribution in [0.2, 0.25) is 4.34 Å². The maximum Gasteiger partial charge on any atom is 0.138 e. The van der Waals surface area contributed by atoms with E-state index in [1.165, 1.54) is 0 Å². The van der Waals surface area contributed by atoms with Crippen LogP contribution >= 0.6 is 22.9 Å². The number of thiophene rings is 1. The molecule has 9 heteroatoms. The molecule has 176 valence electrons. The number of ether oxygens (including phenoxy) is 1. The van der Waals surface area contributed by atoms with Crippen molar-refractivity contribution in [3.8, 4) is 10.4 Å². The van der Waals surface area contributed by atoms with Crippen molar-refractivity contribution in [2.24, 2.45) is 0 Å². The first-order valence-electron chi connectivity index (χ1n) is 11.2. The van der Waals surface area contributed by atoms with Gasteiger partial charge >= 0.3 is 0 Å². The number of halogens is 1. The number of aldehydes is 1. The van der Waals surface area contributed by atoms with Gasteiger partial charge in [-0.25, -0.2) is 0 Å². The van der Waals surface area contributed by atoms with Crippen molar-refractivity contribution in [1.82, 2.24) is 24.8 Å². The number of carbonyl (C=O) groups excluding carboxylic acids is 1. The van der Waals surface area contributed by atoms with Crippen molar-refractivity contribution in [1.29, 1.82) is 0 Å². The van der Waals surface area contributed by atoms with Crippen LogP contribution in [0.4, 0.5) is 0 Å². The predicted octanol–water partition coefficient (Wildman–Crippen LogP) is 4.24. The Morgan fingerprint density at radius 3 is 2.82 bits per heavy atom. The second-order valence-corrected chi connectivity index (χ2v) is 10.3. The number of fused-ring (bicyclic) bond motifs is 1. The summed E-state index contributed by atoms with van der Waals surface area (Å²) in [6.45, 7) is 3.33. The van der Waals surface area contributed by atoms with Gasteiger partial charge in [0.25, 0.3) is 0 Å². The molecule has 0 spiro atoms. The standard InChI is InChI=1S/C25H26ClN5O2S/c1-33-16-22-14-30(11-19-3-2-17(10-28-19)24-4-5-25(26)34-24)13-21(15-32)31(22)12-20-8-18-9-27-7-6-23(18)29-20/h2-10,15,21-22,29H,11-14,16H2,1H3. The Morgan fingerprint density at radius 1 is 1.21 bits per heavy atom. The summed E-state index contributed by atoms with van der Waals surface area (Å²) in [4.78, 5) is 30.1. The van der Waals surface area contributed by atoms with Crippen LogP contribution in [0.1, 0.15) is 11.4 Å². The van der Waals surface area contributed by atoms with E-state index in [1.807, 2.05) is 30.6 Å². The molecule has 0 radical (unpaired) electrons. The summed E-state index contributed by atoms with van der Waals surface area (Å²) in [5.41, 5.74) is 4.15. The number of nitrogens with one attached hydrogen (secondary N) is 1. The molecule has 7 nitrogen and oxygen atoms in total. The van der Waals surface area contributed by atoms with Gasteiger partial charge in [-0.15, -0.1) is 11.3 Å². The number of aromatic nitrogens is 3. The Hall–Kier alpha value is -2.62. The molecule has 1 fully saturated rings. The molecule has 0 amide bonds. The molecular formula is C25H26ClN5O2S. The zero-order chi connectivity index (χ0) is 23.5. The number of methoxy groups -OCH3 is 1. The van der Waals surface area contributed by atoms with E-state index in [1.54, 1.807) is 24.6 Å². The van der Waals surface area contributed by atoms with Gasteiger partial charge in [0.15, 0.2) is 0 Å². The van der Waals surface area contributed by atoms with Crippen LogP contribution < -0.4 is 0 Å². The molecule has 0 aliphatic carbocycles. The quantitative estimate of drug-likeness (QED) is 0.368. The Kier molecular flexibility index (Phi) is 7.03. The zero-order valence-electron chi connectivity index (χ0n) is 18.9. The molecule has 1 aliphatic rings. The highest BCUT2D eigenvalue weighted by atomic mass is 35.5. The third-order valence-electron chi connectivity index (χ3n) is 6.22. The van der Waals surface area contributed by atoms with Gasteiger partial charge in [0.2, 0.25) is 0 Å². The van der Waals surface area contributed by atoms with Crippen molar-refractivity contribution in [3.63, 3.8) is 0 Å². The van der Waals surface area contributed by atoms with E-state index in [9.17, 15) is 4.79 Å². The van der Waals surface area contributed by atoms with E-state index in [2.05, 4.69) is 43.0 Å². The molecule has 0 saturated carbocycles. The third kappa shape index (κ3) is 5.06. The lowest BCUT2D eigenvalue weighted by Gasteiger charge is -2.44. The van der Waals surface area contributed by atoms with Crippen LogP contribution in [0.15, 0.2) is 55.0 Å². The van der Waals surface area contributed by atoms with E-state index in [0.29, 0.717) is 26.2 Å². The van der Waals surface area contributed by atoms with Crippen molar-refractivity contribution in [3.05, 3.63) is 70.7 Å². The number of carbonyl (C=O) groups is 1. The molecular weight excluding hydrogens is 470 g/mol. The van der Waals surface area contributed by atoms with Crippen molar-refractivity contribution in [2.45, 2.75) is 25.2 Å². The topological polar surface area (TPSA) is 74.3 Å². The van der Waals surface area contributed by atoms with Crippen LogP contribution in [-0.2, 0) is 22.6 Å². The number of hydrogen-bond donors (Lipinski definition) is 1. The van der Waals surface area contributed by atoms with E-state index in [0.717, 1.165) is 49.9 Å². The van der Waals surface area contributed by atoms with Gasteiger partial charge in [-0.1, -0.05) is 17.7 Å². The van der Waals surface area contributed by atoms with Crippen molar-refractivity contribution in [2.75, 3.05) is 26.8 Å². The van der Waals surface area contributed by atoms with Crippen molar-refractivity contribution < 1.29 is 9.53 Å². The molecule has 34 heavy (non-hydrogen) atoms. The minimum atomic E-state index is -0.231. The maximum absolute atomic E-state index is 12.1. The van der Waals surface area contributed by atoms with Gasteiger partial charge in [-0.3, -0.25) is 19.8 Å². The lowest BCUT2D eigenvalue weighted by Crippen LogP contribution is -2.60. The first kappa shape index (κ1) is 23.1. The smallest absolute Gasteiger partial charge is 0.138 e. The first-order valence-corrected chi connectivity index (χ1v) is 12.4. The molecule has 4 aromatic heterocycles. The summed E-state index contributed by atoms with van der Waals surface area (Å²) in [5, 5.41) is 1.07. The van der Waals surface area contributed by atoms with E-state index in [-0.39, 0.29) is 12.1 Å². The number of hydrogen-bond acceptors (Lipinski definition) is 7. The number of aromatic amines is 1.